The topological polar surface area (TPSA) is 9.23 Å². The van der Waals surface area contributed by atoms with E-state index in [2.05, 4.69) is 26.5 Å². The first kappa shape index (κ1) is 18.8. The molecule has 0 saturated heterocycles. The molecule has 1 aromatic carbocycles. The van der Waals surface area contributed by atoms with Crippen LogP contribution in [0.5, 0.6) is 5.75 Å². The smallest absolute Gasteiger partial charge is 0.127 e. The minimum Gasteiger partial charge on any atom is -0.490 e. The molecule has 0 amide bonds. The highest BCUT2D eigenvalue weighted by molar-refractivity contribution is 5.66. The van der Waals surface area contributed by atoms with E-state index in [1.165, 1.54) is 51.4 Å². The first-order valence-corrected chi connectivity index (χ1v) is 9.06. The molecule has 0 aliphatic carbocycles. The van der Waals surface area contributed by atoms with Crippen LogP contribution >= 0.6 is 0 Å². The standard InChI is InChI=1S/C21H34O/c1-5-6-7-8-9-10-11-12-15-19(4)22-21-17-14-13-16-20(21)18(2)3/h13-14,16-17,19H,2,5-12,15H2,1,3-4H3. The lowest BCUT2D eigenvalue weighted by Crippen LogP contribution is -2.12. The Morgan fingerprint density at radius 2 is 1.59 bits per heavy atom. The van der Waals surface area contributed by atoms with E-state index in [-0.39, 0.29) is 6.10 Å². The quantitative estimate of drug-likeness (QED) is 0.377. The van der Waals surface area contributed by atoms with E-state index in [4.69, 9.17) is 4.74 Å². The molecule has 0 aliphatic heterocycles. The summed E-state index contributed by atoms with van der Waals surface area (Å²) in [6.45, 7) is 10.5. The predicted molar refractivity (Wildman–Crippen MR) is 98.5 cm³/mol. The monoisotopic (exact) mass is 302 g/mol. The molecule has 0 heterocycles. The first-order valence-electron chi connectivity index (χ1n) is 9.06. The van der Waals surface area contributed by atoms with Crippen molar-refractivity contribution in [1.82, 2.24) is 0 Å². The van der Waals surface area contributed by atoms with Crippen molar-refractivity contribution >= 4 is 5.57 Å². The Labute approximate surface area is 137 Å². The van der Waals surface area contributed by atoms with Crippen molar-refractivity contribution in [2.45, 2.75) is 84.7 Å². The largest absolute Gasteiger partial charge is 0.490 e. The van der Waals surface area contributed by atoms with Gasteiger partial charge in [-0.1, -0.05) is 76.6 Å². The molecule has 0 N–H and O–H groups in total. The number of unbranched alkanes of at least 4 members (excludes halogenated alkanes) is 7. The SMILES string of the molecule is C=C(C)c1ccccc1OC(C)CCCCCCCCCC. The van der Waals surface area contributed by atoms with Gasteiger partial charge >= 0.3 is 0 Å². The van der Waals surface area contributed by atoms with Crippen LogP contribution in [0, 0.1) is 0 Å². The highest BCUT2D eigenvalue weighted by atomic mass is 16.5. The molecule has 1 aromatic rings. The minimum absolute atomic E-state index is 0.278. The van der Waals surface area contributed by atoms with Gasteiger partial charge in [-0.15, -0.1) is 0 Å². The van der Waals surface area contributed by atoms with Crippen molar-refractivity contribution in [2.75, 3.05) is 0 Å². The summed E-state index contributed by atoms with van der Waals surface area (Å²) < 4.78 is 6.11. The molecular formula is C21H34O. The maximum atomic E-state index is 6.11. The molecule has 0 aliphatic rings. The van der Waals surface area contributed by atoms with Crippen LogP contribution in [0.15, 0.2) is 30.8 Å². The molecule has 1 heteroatoms. The number of hydrogen-bond donors (Lipinski definition) is 0. The zero-order valence-electron chi connectivity index (χ0n) is 14.9. The number of benzene rings is 1. The molecule has 1 unspecified atom stereocenters. The number of allylic oxidation sites excluding steroid dienone is 1. The van der Waals surface area contributed by atoms with Crippen molar-refractivity contribution in [3.8, 4) is 5.75 Å². The summed E-state index contributed by atoms with van der Waals surface area (Å²) in [5, 5.41) is 0. The van der Waals surface area contributed by atoms with Crippen molar-refractivity contribution in [2.24, 2.45) is 0 Å². The van der Waals surface area contributed by atoms with Crippen LogP contribution in [0.25, 0.3) is 5.57 Å². The van der Waals surface area contributed by atoms with Gasteiger partial charge in [0.15, 0.2) is 0 Å². The van der Waals surface area contributed by atoms with Gasteiger partial charge in [0.05, 0.1) is 6.10 Å². The van der Waals surface area contributed by atoms with Crippen LogP contribution in [0.2, 0.25) is 0 Å². The molecule has 1 atom stereocenters. The zero-order valence-corrected chi connectivity index (χ0v) is 14.9. The zero-order chi connectivity index (χ0) is 16.2. The molecule has 0 fully saturated rings. The summed E-state index contributed by atoms with van der Waals surface area (Å²) in [6.07, 6.45) is 12.3. The van der Waals surface area contributed by atoms with Gasteiger partial charge in [-0.25, -0.2) is 0 Å². The van der Waals surface area contributed by atoms with Crippen molar-refractivity contribution in [1.29, 1.82) is 0 Å². The average molecular weight is 303 g/mol. The molecule has 0 radical (unpaired) electrons. The maximum absolute atomic E-state index is 6.11. The van der Waals surface area contributed by atoms with Gasteiger partial charge in [-0.3, -0.25) is 0 Å². The van der Waals surface area contributed by atoms with Gasteiger partial charge in [0, 0.05) is 5.56 Å². The van der Waals surface area contributed by atoms with E-state index < -0.39 is 0 Å². The highest BCUT2D eigenvalue weighted by Crippen LogP contribution is 2.26. The Morgan fingerprint density at radius 1 is 1.00 bits per heavy atom. The van der Waals surface area contributed by atoms with Crippen LogP contribution in [0.4, 0.5) is 0 Å². The molecule has 0 spiro atoms. The molecular weight excluding hydrogens is 268 g/mol. The van der Waals surface area contributed by atoms with Gasteiger partial charge in [0.1, 0.15) is 5.75 Å². The third-order valence-electron chi connectivity index (χ3n) is 4.14. The maximum Gasteiger partial charge on any atom is 0.127 e. The fourth-order valence-corrected chi connectivity index (χ4v) is 2.76. The Morgan fingerprint density at radius 3 is 2.23 bits per heavy atom. The summed E-state index contributed by atoms with van der Waals surface area (Å²) in [5.41, 5.74) is 2.19. The van der Waals surface area contributed by atoms with Crippen molar-refractivity contribution in [3.05, 3.63) is 36.4 Å². The van der Waals surface area contributed by atoms with Gasteiger partial charge in [-0.05, 0) is 38.3 Å². The van der Waals surface area contributed by atoms with Crippen LogP contribution in [-0.4, -0.2) is 6.10 Å². The summed E-state index contributed by atoms with van der Waals surface area (Å²) >= 11 is 0. The summed E-state index contributed by atoms with van der Waals surface area (Å²) in [5.74, 6) is 0.974. The Balaban J connectivity index is 2.19. The Kier molecular flexibility index (Phi) is 9.70. The van der Waals surface area contributed by atoms with Gasteiger partial charge in [-0.2, -0.15) is 0 Å². The fourth-order valence-electron chi connectivity index (χ4n) is 2.76. The normalized spacial score (nSPS) is 12.1. The third-order valence-corrected chi connectivity index (χ3v) is 4.14. The summed E-state index contributed by atoms with van der Waals surface area (Å²) in [6, 6.07) is 8.21. The van der Waals surface area contributed by atoms with Gasteiger partial charge in [0.25, 0.3) is 0 Å². The molecule has 124 valence electrons. The number of hydrogen-bond acceptors (Lipinski definition) is 1. The number of ether oxygens (including phenoxy) is 1. The number of rotatable bonds is 12. The lowest BCUT2D eigenvalue weighted by molar-refractivity contribution is 0.205. The Bertz CT molecular complexity index is 422. The first-order chi connectivity index (χ1) is 10.6. The van der Waals surface area contributed by atoms with Crippen LogP contribution in [-0.2, 0) is 0 Å². The van der Waals surface area contributed by atoms with E-state index >= 15 is 0 Å². The van der Waals surface area contributed by atoms with E-state index in [0.29, 0.717) is 0 Å². The predicted octanol–water partition coefficient (Wildman–Crippen LogP) is 7.02. The molecule has 0 saturated carbocycles. The van der Waals surface area contributed by atoms with Crippen LogP contribution in [0.1, 0.15) is 84.1 Å². The molecule has 0 bridgehead atoms. The van der Waals surface area contributed by atoms with Crippen molar-refractivity contribution < 1.29 is 4.74 Å². The average Bonchev–Trinajstić information content (AvgIpc) is 2.50. The molecule has 1 nitrogen and oxygen atoms in total. The van der Waals surface area contributed by atoms with Gasteiger partial charge < -0.3 is 4.74 Å². The van der Waals surface area contributed by atoms with E-state index in [0.717, 1.165) is 23.3 Å². The second-order valence-corrected chi connectivity index (χ2v) is 6.47. The molecule has 1 rings (SSSR count). The fraction of sp³-hybridized carbons (Fsp3) is 0.619. The van der Waals surface area contributed by atoms with Crippen LogP contribution < -0.4 is 4.74 Å². The lowest BCUT2D eigenvalue weighted by atomic mass is 10.1. The van der Waals surface area contributed by atoms with E-state index in [9.17, 15) is 0 Å². The second kappa shape index (κ2) is 11.3. The highest BCUT2D eigenvalue weighted by Gasteiger charge is 2.08. The van der Waals surface area contributed by atoms with Gasteiger partial charge in [0.2, 0.25) is 0 Å². The molecule has 22 heavy (non-hydrogen) atoms. The third kappa shape index (κ3) is 7.68. The van der Waals surface area contributed by atoms with E-state index in [1.807, 2.05) is 25.1 Å². The van der Waals surface area contributed by atoms with Crippen molar-refractivity contribution in [3.63, 3.8) is 0 Å². The second-order valence-electron chi connectivity index (χ2n) is 6.47. The van der Waals surface area contributed by atoms with E-state index in [1.54, 1.807) is 0 Å². The summed E-state index contributed by atoms with van der Waals surface area (Å²) in [7, 11) is 0. The minimum atomic E-state index is 0.278. The summed E-state index contributed by atoms with van der Waals surface area (Å²) in [4.78, 5) is 0. The Hall–Kier alpha value is -1.24. The lowest BCUT2D eigenvalue weighted by Gasteiger charge is -2.17. The number of para-hydroxylation sites is 1. The van der Waals surface area contributed by atoms with Crippen LogP contribution in [0.3, 0.4) is 0 Å². The molecule has 0 aromatic heterocycles.